The molecule has 2 rings (SSSR count). The van der Waals surface area contributed by atoms with Gasteiger partial charge in [-0.05, 0) is 51.5 Å². The minimum Gasteiger partial charge on any atom is -0.393 e. The lowest BCUT2D eigenvalue weighted by Gasteiger charge is -2.29. The maximum absolute atomic E-state index is 9.48. The number of rotatable bonds is 7. The zero-order valence-electron chi connectivity index (χ0n) is 12.8. The number of likely N-dealkylation sites (tertiary alicyclic amines) is 1. The van der Waals surface area contributed by atoms with E-state index in [4.69, 9.17) is 0 Å². The van der Waals surface area contributed by atoms with E-state index in [1.807, 2.05) is 0 Å². The smallest absolute Gasteiger partial charge is 0.191 e. The molecule has 0 aromatic rings. The first-order chi connectivity index (χ1) is 9.78. The number of hydrogen-bond acceptors (Lipinski definition) is 3. The van der Waals surface area contributed by atoms with Crippen molar-refractivity contribution in [2.45, 2.75) is 45.1 Å². The lowest BCUT2D eigenvalue weighted by atomic mass is 10.1. The monoisotopic (exact) mass is 282 g/mol. The largest absolute Gasteiger partial charge is 0.393 e. The molecule has 20 heavy (non-hydrogen) atoms. The molecular weight excluding hydrogens is 252 g/mol. The van der Waals surface area contributed by atoms with Crippen LogP contribution in [0.4, 0.5) is 0 Å². The van der Waals surface area contributed by atoms with Crippen molar-refractivity contribution in [1.82, 2.24) is 15.5 Å². The van der Waals surface area contributed by atoms with Gasteiger partial charge in [-0.15, -0.1) is 0 Å². The van der Waals surface area contributed by atoms with E-state index in [1.165, 1.54) is 12.8 Å². The van der Waals surface area contributed by atoms with Crippen molar-refractivity contribution < 1.29 is 5.11 Å². The van der Waals surface area contributed by atoms with Gasteiger partial charge in [-0.3, -0.25) is 4.99 Å². The van der Waals surface area contributed by atoms with Crippen molar-refractivity contribution in [3.8, 4) is 0 Å². The Labute approximate surface area is 122 Å². The SMILES string of the molecule is CCNC(=NCC1CC1)NCCCN1CCC(O)CC1. The van der Waals surface area contributed by atoms with Gasteiger partial charge in [0, 0.05) is 32.7 Å². The summed E-state index contributed by atoms with van der Waals surface area (Å²) >= 11 is 0. The van der Waals surface area contributed by atoms with E-state index >= 15 is 0 Å². The number of nitrogens with one attached hydrogen (secondary N) is 2. The molecule has 1 aliphatic heterocycles. The highest BCUT2D eigenvalue weighted by atomic mass is 16.3. The first-order valence-electron chi connectivity index (χ1n) is 8.20. The summed E-state index contributed by atoms with van der Waals surface area (Å²) in [6, 6.07) is 0. The lowest BCUT2D eigenvalue weighted by molar-refractivity contribution is 0.0823. The third-order valence-corrected chi connectivity index (χ3v) is 4.05. The maximum Gasteiger partial charge on any atom is 0.191 e. The van der Waals surface area contributed by atoms with Crippen molar-refractivity contribution in [1.29, 1.82) is 0 Å². The second kappa shape index (κ2) is 8.47. The molecule has 5 heteroatoms. The van der Waals surface area contributed by atoms with E-state index < -0.39 is 0 Å². The zero-order chi connectivity index (χ0) is 14.2. The van der Waals surface area contributed by atoms with Crippen LogP contribution >= 0.6 is 0 Å². The van der Waals surface area contributed by atoms with Gasteiger partial charge in [0.1, 0.15) is 0 Å². The number of hydrogen-bond donors (Lipinski definition) is 3. The number of aliphatic hydroxyl groups excluding tert-OH is 1. The molecule has 0 atom stereocenters. The highest BCUT2D eigenvalue weighted by Crippen LogP contribution is 2.28. The van der Waals surface area contributed by atoms with Crippen LogP contribution in [-0.2, 0) is 0 Å². The van der Waals surface area contributed by atoms with E-state index in [2.05, 4.69) is 27.4 Å². The van der Waals surface area contributed by atoms with Crippen molar-refractivity contribution in [2.24, 2.45) is 10.9 Å². The molecule has 0 amide bonds. The Morgan fingerprint density at radius 1 is 1.20 bits per heavy atom. The summed E-state index contributed by atoms with van der Waals surface area (Å²) in [6.45, 7) is 8.15. The lowest BCUT2D eigenvalue weighted by Crippen LogP contribution is -2.40. The quantitative estimate of drug-likeness (QED) is 0.367. The molecule has 0 unspecified atom stereocenters. The average Bonchev–Trinajstić information content (AvgIpc) is 3.27. The van der Waals surface area contributed by atoms with Crippen LogP contribution in [0.5, 0.6) is 0 Å². The second-order valence-electron chi connectivity index (χ2n) is 6.02. The molecule has 0 radical (unpaired) electrons. The Hall–Kier alpha value is -0.810. The Morgan fingerprint density at radius 3 is 2.60 bits per heavy atom. The molecule has 0 aromatic heterocycles. The molecule has 1 saturated heterocycles. The Morgan fingerprint density at radius 2 is 1.95 bits per heavy atom. The van der Waals surface area contributed by atoms with Crippen LogP contribution in [0.3, 0.4) is 0 Å². The van der Waals surface area contributed by atoms with Crippen molar-refractivity contribution in [2.75, 3.05) is 39.3 Å². The van der Waals surface area contributed by atoms with Gasteiger partial charge in [0.05, 0.1) is 6.10 Å². The highest BCUT2D eigenvalue weighted by Gasteiger charge is 2.20. The Bertz CT molecular complexity index is 296. The Balaban J connectivity index is 1.56. The number of aliphatic hydroxyl groups is 1. The number of aliphatic imine (C=N–C) groups is 1. The first-order valence-corrected chi connectivity index (χ1v) is 8.20. The third-order valence-electron chi connectivity index (χ3n) is 4.05. The van der Waals surface area contributed by atoms with Crippen LogP contribution < -0.4 is 10.6 Å². The molecule has 1 aliphatic carbocycles. The average molecular weight is 282 g/mol. The molecule has 116 valence electrons. The zero-order valence-corrected chi connectivity index (χ0v) is 12.8. The number of piperidine rings is 1. The van der Waals surface area contributed by atoms with Gasteiger partial charge < -0.3 is 20.6 Å². The molecule has 1 heterocycles. The normalized spacial score (nSPS) is 22.0. The van der Waals surface area contributed by atoms with Gasteiger partial charge in [-0.1, -0.05) is 0 Å². The summed E-state index contributed by atoms with van der Waals surface area (Å²) in [5, 5.41) is 16.2. The van der Waals surface area contributed by atoms with Gasteiger partial charge in [0.15, 0.2) is 5.96 Å². The molecule has 0 spiro atoms. The van der Waals surface area contributed by atoms with Crippen LogP contribution in [0.25, 0.3) is 0 Å². The van der Waals surface area contributed by atoms with Gasteiger partial charge in [-0.25, -0.2) is 0 Å². The first kappa shape index (κ1) is 15.6. The molecule has 2 aliphatic rings. The third kappa shape index (κ3) is 6.09. The van der Waals surface area contributed by atoms with E-state index in [1.54, 1.807) is 0 Å². The molecule has 0 aromatic carbocycles. The van der Waals surface area contributed by atoms with Crippen LogP contribution in [0, 0.1) is 5.92 Å². The fourth-order valence-electron chi connectivity index (χ4n) is 2.51. The molecule has 5 nitrogen and oxygen atoms in total. The second-order valence-corrected chi connectivity index (χ2v) is 6.02. The number of guanidine groups is 1. The van der Waals surface area contributed by atoms with E-state index in [9.17, 15) is 5.11 Å². The minimum absolute atomic E-state index is 0.0701. The molecule has 1 saturated carbocycles. The number of nitrogens with zero attached hydrogens (tertiary/aromatic N) is 2. The summed E-state index contributed by atoms with van der Waals surface area (Å²) in [7, 11) is 0. The van der Waals surface area contributed by atoms with Gasteiger partial charge in [-0.2, -0.15) is 0 Å². The van der Waals surface area contributed by atoms with Gasteiger partial charge in [0.25, 0.3) is 0 Å². The van der Waals surface area contributed by atoms with Crippen molar-refractivity contribution in [3.05, 3.63) is 0 Å². The predicted molar refractivity (Wildman–Crippen MR) is 83.0 cm³/mol. The van der Waals surface area contributed by atoms with Crippen molar-refractivity contribution >= 4 is 5.96 Å². The molecular formula is C15H30N4O. The van der Waals surface area contributed by atoms with Crippen LogP contribution in [0.2, 0.25) is 0 Å². The highest BCUT2D eigenvalue weighted by molar-refractivity contribution is 5.79. The maximum atomic E-state index is 9.48. The predicted octanol–water partition coefficient (Wildman–Crippen LogP) is 0.798. The van der Waals surface area contributed by atoms with E-state index in [-0.39, 0.29) is 6.10 Å². The van der Waals surface area contributed by atoms with Crippen molar-refractivity contribution in [3.63, 3.8) is 0 Å². The summed E-state index contributed by atoms with van der Waals surface area (Å²) in [4.78, 5) is 7.06. The topological polar surface area (TPSA) is 59.9 Å². The molecule has 2 fully saturated rings. The molecule has 0 bridgehead atoms. The standard InChI is InChI=1S/C15H30N4O/c1-2-16-15(18-12-13-4-5-13)17-8-3-9-19-10-6-14(20)7-11-19/h13-14,20H,2-12H2,1H3,(H2,16,17,18). The molecule has 3 N–H and O–H groups in total. The van der Waals surface area contributed by atoms with Crippen LogP contribution in [-0.4, -0.2) is 61.3 Å². The summed E-state index contributed by atoms with van der Waals surface area (Å²) in [6.07, 6.45) is 5.62. The van der Waals surface area contributed by atoms with E-state index in [0.717, 1.165) is 70.4 Å². The van der Waals surface area contributed by atoms with Crippen LogP contribution in [0.1, 0.15) is 39.0 Å². The Kier molecular flexibility index (Phi) is 6.60. The summed E-state index contributed by atoms with van der Waals surface area (Å²) < 4.78 is 0. The summed E-state index contributed by atoms with van der Waals surface area (Å²) in [5.74, 6) is 1.80. The minimum atomic E-state index is -0.0701. The summed E-state index contributed by atoms with van der Waals surface area (Å²) in [5.41, 5.74) is 0. The van der Waals surface area contributed by atoms with Crippen LogP contribution in [0.15, 0.2) is 4.99 Å². The van der Waals surface area contributed by atoms with Gasteiger partial charge >= 0.3 is 0 Å². The fraction of sp³-hybridized carbons (Fsp3) is 0.933. The fourth-order valence-corrected chi connectivity index (χ4v) is 2.51. The van der Waals surface area contributed by atoms with Gasteiger partial charge in [0.2, 0.25) is 0 Å². The van der Waals surface area contributed by atoms with E-state index in [0.29, 0.717) is 0 Å².